The van der Waals surface area contributed by atoms with E-state index in [9.17, 15) is 13.2 Å². The highest BCUT2D eigenvalue weighted by Crippen LogP contribution is 2.35. The molecule has 3 rings (SSSR count). The summed E-state index contributed by atoms with van der Waals surface area (Å²) in [7, 11) is -3.24. The first-order chi connectivity index (χ1) is 13.6. The van der Waals surface area contributed by atoms with Crippen LogP contribution in [-0.2, 0) is 16.6 Å². The molecule has 0 spiro atoms. The van der Waals surface area contributed by atoms with E-state index in [-0.39, 0.29) is 10.8 Å². The first-order valence-corrected chi connectivity index (χ1v) is 12.3. The number of fused-ring (bicyclic) bond motifs is 1. The van der Waals surface area contributed by atoms with Crippen molar-refractivity contribution in [2.75, 3.05) is 12.8 Å². The molecular formula is C20H19BrCl2N2O3S. The lowest BCUT2D eigenvalue weighted by molar-refractivity contribution is 0.103. The average molecular weight is 518 g/mol. The van der Waals surface area contributed by atoms with Gasteiger partial charge in [-0.05, 0) is 47.5 Å². The zero-order valence-electron chi connectivity index (χ0n) is 15.8. The van der Waals surface area contributed by atoms with Gasteiger partial charge in [0.05, 0.1) is 27.4 Å². The molecule has 1 aromatic heterocycles. The summed E-state index contributed by atoms with van der Waals surface area (Å²) in [5.74, 6) is -0.203. The number of aryl methyl sites for hydroxylation is 1. The number of benzene rings is 2. The Hall–Kier alpha value is -1.38. The quantitative estimate of drug-likeness (QED) is 0.346. The highest BCUT2D eigenvalue weighted by Gasteiger charge is 2.24. The van der Waals surface area contributed by atoms with Crippen LogP contribution < -0.4 is 4.72 Å². The van der Waals surface area contributed by atoms with E-state index in [4.69, 9.17) is 23.2 Å². The van der Waals surface area contributed by atoms with Gasteiger partial charge in [-0.3, -0.25) is 4.79 Å². The fourth-order valence-corrected chi connectivity index (χ4v) is 4.85. The van der Waals surface area contributed by atoms with E-state index in [0.717, 1.165) is 27.3 Å². The van der Waals surface area contributed by atoms with Crippen molar-refractivity contribution in [1.29, 1.82) is 0 Å². The molecule has 0 aliphatic heterocycles. The molecule has 29 heavy (non-hydrogen) atoms. The van der Waals surface area contributed by atoms with Crippen LogP contribution in [0.4, 0.5) is 0 Å². The molecule has 0 amide bonds. The zero-order valence-corrected chi connectivity index (χ0v) is 19.7. The third kappa shape index (κ3) is 4.70. The number of sulfonamides is 1. The Balaban J connectivity index is 2.07. The summed E-state index contributed by atoms with van der Waals surface area (Å²) < 4.78 is 28.0. The summed E-state index contributed by atoms with van der Waals surface area (Å²) in [5, 5.41) is 1.35. The predicted octanol–water partition coefficient (Wildman–Crippen LogP) is 5.19. The van der Waals surface area contributed by atoms with Crippen LogP contribution in [0, 0.1) is 6.92 Å². The number of halogens is 3. The van der Waals surface area contributed by atoms with E-state index in [0.29, 0.717) is 35.7 Å². The van der Waals surface area contributed by atoms with Crippen molar-refractivity contribution < 1.29 is 13.2 Å². The number of aromatic nitrogens is 1. The van der Waals surface area contributed by atoms with Gasteiger partial charge >= 0.3 is 0 Å². The van der Waals surface area contributed by atoms with Gasteiger partial charge in [0.25, 0.3) is 0 Å². The molecule has 0 saturated carbocycles. The molecular weight excluding hydrogens is 499 g/mol. The van der Waals surface area contributed by atoms with Gasteiger partial charge < -0.3 is 4.57 Å². The van der Waals surface area contributed by atoms with E-state index >= 15 is 0 Å². The third-order valence-electron chi connectivity index (χ3n) is 4.64. The van der Waals surface area contributed by atoms with Gasteiger partial charge in [0.1, 0.15) is 0 Å². The van der Waals surface area contributed by atoms with Crippen LogP contribution >= 0.6 is 39.1 Å². The molecule has 0 aliphatic carbocycles. The number of hydrogen-bond acceptors (Lipinski definition) is 3. The standard InChI is InChI=1S/C20H19BrCl2N2O3S/c1-12-17(20(26)14-7-4-9-16(22)18(14)23)13-6-3-8-15(21)19(13)25(12)11-5-10-24-29(2,27)28/h3-4,6-9,24H,5,10-11H2,1-2H3. The Morgan fingerprint density at radius 1 is 1.17 bits per heavy atom. The van der Waals surface area contributed by atoms with E-state index in [2.05, 4.69) is 20.7 Å². The third-order valence-corrected chi connectivity index (χ3v) is 6.83. The number of nitrogens with one attached hydrogen (secondary N) is 1. The van der Waals surface area contributed by atoms with Gasteiger partial charge in [0.2, 0.25) is 10.0 Å². The normalized spacial score (nSPS) is 11.9. The van der Waals surface area contributed by atoms with Crippen LogP contribution in [0.1, 0.15) is 28.0 Å². The molecule has 0 fully saturated rings. The molecule has 9 heteroatoms. The fraction of sp³-hybridized carbons (Fsp3) is 0.250. The summed E-state index contributed by atoms with van der Waals surface area (Å²) in [5.41, 5.74) is 2.57. The molecule has 154 valence electrons. The van der Waals surface area contributed by atoms with Crippen molar-refractivity contribution >= 4 is 65.8 Å². The van der Waals surface area contributed by atoms with Crippen molar-refractivity contribution in [3.63, 3.8) is 0 Å². The Bertz CT molecular complexity index is 1210. The van der Waals surface area contributed by atoms with Crippen LogP contribution in [0.15, 0.2) is 40.9 Å². The first kappa shape index (κ1) is 22.3. The van der Waals surface area contributed by atoms with Crippen molar-refractivity contribution in [2.45, 2.75) is 19.9 Å². The lowest BCUT2D eigenvalue weighted by Crippen LogP contribution is -2.24. The number of ketones is 1. The minimum absolute atomic E-state index is 0.203. The Kier molecular flexibility index (Phi) is 6.75. The number of hydrogen-bond donors (Lipinski definition) is 1. The van der Waals surface area contributed by atoms with Gasteiger partial charge in [0, 0.05) is 34.2 Å². The maximum Gasteiger partial charge on any atom is 0.208 e. The molecule has 0 atom stereocenters. The number of rotatable bonds is 7. The van der Waals surface area contributed by atoms with Crippen molar-refractivity contribution in [3.05, 3.63) is 67.7 Å². The molecule has 0 aliphatic rings. The van der Waals surface area contributed by atoms with Gasteiger partial charge in [-0.2, -0.15) is 0 Å². The second kappa shape index (κ2) is 8.78. The summed E-state index contributed by atoms with van der Waals surface area (Å²) in [6.07, 6.45) is 1.70. The number of nitrogens with zero attached hydrogens (tertiary/aromatic N) is 1. The van der Waals surface area contributed by atoms with Crippen LogP contribution in [-0.4, -0.2) is 31.6 Å². The molecule has 3 aromatic rings. The summed E-state index contributed by atoms with van der Waals surface area (Å²) in [6, 6.07) is 10.7. The van der Waals surface area contributed by atoms with E-state index in [1.807, 2.05) is 29.7 Å². The average Bonchev–Trinajstić information content (AvgIpc) is 2.92. The Morgan fingerprint density at radius 2 is 1.86 bits per heavy atom. The van der Waals surface area contributed by atoms with E-state index in [1.54, 1.807) is 18.2 Å². The van der Waals surface area contributed by atoms with Crippen LogP contribution in [0.2, 0.25) is 10.0 Å². The minimum Gasteiger partial charge on any atom is -0.343 e. The molecule has 0 unspecified atom stereocenters. The monoisotopic (exact) mass is 516 g/mol. The van der Waals surface area contributed by atoms with Gasteiger partial charge in [-0.1, -0.05) is 41.4 Å². The molecule has 0 bridgehead atoms. The molecule has 1 N–H and O–H groups in total. The van der Waals surface area contributed by atoms with Crippen molar-refractivity contribution in [3.8, 4) is 0 Å². The molecule has 2 aromatic carbocycles. The number of carbonyl (C=O) groups is 1. The largest absolute Gasteiger partial charge is 0.343 e. The summed E-state index contributed by atoms with van der Waals surface area (Å²) >= 11 is 16.0. The molecule has 5 nitrogen and oxygen atoms in total. The molecule has 0 radical (unpaired) electrons. The topological polar surface area (TPSA) is 68.2 Å². The van der Waals surface area contributed by atoms with Crippen molar-refractivity contribution in [2.24, 2.45) is 0 Å². The highest BCUT2D eigenvalue weighted by atomic mass is 79.9. The Morgan fingerprint density at radius 3 is 2.55 bits per heavy atom. The second-order valence-electron chi connectivity index (χ2n) is 6.70. The minimum atomic E-state index is -3.24. The predicted molar refractivity (Wildman–Crippen MR) is 122 cm³/mol. The van der Waals surface area contributed by atoms with E-state index in [1.165, 1.54) is 0 Å². The summed E-state index contributed by atoms with van der Waals surface area (Å²) in [6.45, 7) is 2.73. The number of carbonyl (C=O) groups excluding carboxylic acids is 1. The smallest absolute Gasteiger partial charge is 0.208 e. The molecule has 1 heterocycles. The summed E-state index contributed by atoms with van der Waals surface area (Å²) in [4.78, 5) is 13.4. The lowest BCUT2D eigenvalue weighted by Gasteiger charge is -2.10. The maximum absolute atomic E-state index is 13.4. The fourth-order valence-electron chi connectivity index (χ4n) is 3.36. The van der Waals surface area contributed by atoms with Gasteiger partial charge in [0.15, 0.2) is 5.78 Å². The maximum atomic E-state index is 13.4. The number of para-hydroxylation sites is 1. The highest BCUT2D eigenvalue weighted by molar-refractivity contribution is 9.10. The van der Waals surface area contributed by atoms with Gasteiger partial charge in [-0.25, -0.2) is 13.1 Å². The van der Waals surface area contributed by atoms with E-state index < -0.39 is 10.0 Å². The van der Waals surface area contributed by atoms with Gasteiger partial charge in [-0.15, -0.1) is 0 Å². The Labute approximate surface area is 188 Å². The second-order valence-corrected chi connectivity index (χ2v) is 10.2. The van der Waals surface area contributed by atoms with Crippen LogP contribution in [0.5, 0.6) is 0 Å². The SMILES string of the molecule is Cc1c(C(=O)c2cccc(Cl)c2Cl)c2cccc(Br)c2n1CCCNS(C)(=O)=O. The first-order valence-electron chi connectivity index (χ1n) is 8.82. The zero-order chi connectivity index (χ0) is 21.3. The van der Waals surface area contributed by atoms with Crippen LogP contribution in [0.3, 0.4) is 0 Å². The van der Waals surface area contributed by atoms with Crippen molar-refractivity contribution in [1.82, 2.24) is 9.29 Å². The molecule has 0 saturated heterocycles. The lowest BCUT2D eigenvalue weighted by atomic mass is 10.0. The van der Waals surface area contributed by atoms with Crippen LogP contribution in [0.25, 0.3) is 10.9 Å².